The van der Waals surface area contributed by atoms with E-state index in [1.807, 2.05) is 126 Å². The van der Waals surface area contributed by atoms with Crippen LogP contribution in [0.4, 0.5) is 10.8 Å². The van der Waals surface area contributed by atoms with E-state index in [1.165, 1.54) is 11.3 Å². The van der Waals surface area contributed by atoms with Crippen LogP contribution in [0.15, 0.2) is 139 Å². The van der Waals surface area contributed by atoms with Gasteiger partial charge in [0, 0.05) is 16.8 Å². The number of amides is 2. The van der Waals surface area contributed by atoms with Gasteiger partial charge in [-0.3, -0.25) is 19.3 Å². The molecule has 2 saturated heterocycles. The third-order valence-corrected chi connectivity index (χ3v) is 13.3. The van der Waals surface area contributed by atoms with Gasteiger partial charge < -0.3 is 25.2 Å². The molecule has 6 aromatic rings. The van der Waals surface area contributed by atoms with Crippen LogP contribution in [-0.2, 0) is 24.5 Å². The van der Waals surface area contributed by atoms with Crippen molar-refractivity contribution < 1.29 is 29.0 Å². The van der Waals surface area contributed by atoms with Crippen LogP contribution >= 0.6 is 11.3 Å². The SMILES string of the molecule is O=C1O[C@@H](c2ccccc2)[C@@H](c2ccccc2)N2[C@@H](c3ccccc3OCCO)[C@]3(C(=O)Nc4ccc(C#CC5=CCCCC5)cc43)[C@@H](C(=O)Nc3nc4ccccc4s3)[C@H]12. The van der Waals surface area contributed by atoms with E-state index < -0.39 is 53.3 Å². The largest absolute Gasteiger partial charge is 0.491 e. The van der Waals surface area contributed by atoms with Gasteiger partial charge in [0.25, 0.3) is 0 Å². The number of allylic oxidation sites excluding steroid dienone is 2. The number of nitrogens with zero attached hydrogens (tertiary/aromatic N) is 2. The number of thiazole rings is 1. The highest BCUT2D eigenvalue weighted by molar-refractivity contribution is 7.22. The quantitative estimate of drug-likeness (QED) is 0.103. The molecular formula is C50H42N4O6S. The van der Waals surface area contributed by atoms with Crippen molar-refractivity contribution in [2.24, 2.45) is 5.92 Å². The van der Waals surface area contributed by atoms with Crippen LogP contribution in [0.3, 0.4) is 0 Å². The minimum atomic E-state index is -1.75. The lowest BCUT2D eigenvalue weighted by molar-refractivity contribution is -0.177. The van der Waals surface area contributed by atoms with E-state index >= 15 is 14.4 Å². The Hall–Kier alpha value is -6.58. The molecule has 2 fully saturated rings. The van der Waals surface area contributed by atoms with E-state index in [2.05, 4.69) is 28.6 Å². The Bertz CT molecular complexity index is 2730. The summed E-state index contributed by atoms with van der Waals surface area (Å²) in [7, 11) is 0. The number of hydrogen-bond acceptors (Lipinski definition) is 9. The van der Waals surface area contributed by atoms with Crippen LogP contribution in [0, 0.1) is 17.8 Å². The number of rotatable bonds is 8. The molecule has 0 saturated carbocycles. The predicted octanol–water partition coefficient (Wildman–Crippen LogP) is 8.43. The summed E-state index contributed by atoms with van der Waals surface area (Å²) in [6.07, 6.45) is 5.47. The van der Waals surface area contributed by atoms with Gasteiger partial charge in [-0.15, -0.1) is 0 Å². The average Bonchev–Trinajstić information content (AvgIpc) is 3.95. The van der Waals surface area contributed by atoms with Crippen molar-refractivity contribution in [3.8, 4) is 17.6 Å². The van der Waals surface area contributed by atoms with Crippen molar-refractivity contribution >= 4 is 50.2 Å². The fourth-order valence-electron chi connectivity index (χ4n) is 9.85. The van der Waals surface area contributed by atoms with Gasteiger partial charge in [0.1, 0.15) is 29.9 Å². The van der Waals surface area contributed by atoms with Crippen molar-refractivity contribution in [2.45, 2.75) is 55.3 Å². The predicted molar refractivity (Wildman–Crippen MR) is 234 cm³/mol. The lowest BCUT2D eigenvalue weighted by Crippen LogP contribution is -2.53. The number of para-hydroxylation sites is 2. The number of fused-ring (bicyclic) bond motifs is 4. The summed E-state index contributed by atoms with van der Waals surface area (Å²) < 4.78 is 13.7. The van der Waals surface area contributed by atoms with Crippen LogP contribution in [0.25, 0.3) is 10.2 Å². The molecule has 2 amide bonds. The number of benzene rings is 5. The fraction of sp³-hybridized carbons (Fsp3) is 0.240. The monoisotopic (exact) mass is 826 g/mol. The summed E-state index contributed by atoms with van der Waals surface area (Å²) in [4.78, 5) is 53.2. The number of anilines is 2. The highest BCUT2D eigenvalue weighted by Gasteiger charge is 2.74. The molecule has 0 radical (unpaired) electrons. The van der Waals surface area contributed by atoms with Gasteiger partial charge in [0.2, 0.25) is 11.8 Å². The Balaban J connectivity index is 1.25. The van der Waals surface area contributed by atoms with E-state index in [0.717, 1.165) is 47.1 Å². The Kier molecular flexibility index (Phi) is 10.2. The minimum Gasteiger partial charge on any atom is -0.491 e. The molecule has 0 unspecified atom stereocenters. The molecule has 61 heavy (non-hydrogen) atoms. The Morgan fingerprint density at radius 1 is 0.902 bits per heavy atom. The second-order valence-corrected chi connectivity index (χ2v) is 16.8. The van der Waals surface area contributed by atoms with Crippen LogP contribution in [-0.4, -0.2) is 52.0 Å². The first kappa shape index (κ1) is 38.6. The molecule has 10 nitrogen and oxygen atoms in total. The number of esters is 1. The van der Waals surface area contributed by atoms with Crippen LogP contribution < -0.4 is 15.4 Å². The van der Waals surface area contributed by atoms with E-state index in [-0.39, 0.29) is 13.2 Å². The maximum absolute atomic E-state index is 15.6. The topological polar surface area (TPSA) is 130 Å². The zero-order valence-electron chi connectivity index (χ0n) is 33.1. The first-order chi connectivity index (χ1) is 29.9. The number of aliphatic hydroxyl groups excluding tert-OH is 1. The number of morpholine rings is 1. The average molecular weight is 827 g/mol. The number of carbonyl (C=O) groups is 3. The third kappa shape index (κ3) is 6.68. The van der Waals surface area contributed by atoms with Crippen LogP contribution in [0.5, 0.6) is 5.75 Å². The molecule has 11 heteroatoms. The Morgan fingerprint density at radius 3 is 2.43 bits per heavy atom. The fourth-order valence-corrected chi connectivity index (χ4v) is 10.7. The molecule has 304 valence electrons. The Labute approximate surface area is 357 Å². The Morgan fingerprint density at radius 2 is 1.66 bits per heavy atom. The second kappa shape index (κ2) is 16.1. The standard InChI is InChI=1S/C50H42N4O6S/c55-28-29-59-39-22-12-10-20-35(39)45-50(36-30-32(26-27-37(36)51-48(50)58)25-24-31-14-4-1-5-15-31)41(46(56)53-49-52-38-21-11-13-23-40(38)61-49)43-47(57)60-44(34-18-8-3-9-19-34)42(54(43)45)33-16-6-2-7-17-33/h2-3,6-14,16-23,26-27,30,41-45,55H,1,4-5,15,28-29H2,(H,51,58)(H,52,53,56)/t41-,42-,43-,44+,45+,50-/m1/s1. The first-order valence-corrected chi connectivity index (χ1v) is 21.5. The normalized spacial score (nSPS) is 24.2. The van der Waals surface area contributed by atoms with Crippen molar-refractivity contribution in [1.29, 1.82) is 0 Å². The molecule has 1 aliphatic carbocycles. The number of aliphatic hydroxyl groups is 1. The number of cyclic esters (lactones) is 1. The van der Waals surface area contributed by atoms with E-state index in [0.29, 0.717) is 38.8 Å². The highest BCUT2D eigenvalue weighted by atomic mass is 32.1. The van der Waals surface area contributed by atoms with Crippen LogP contribution in [0.2, 0.25) is 0 Å². The third-order valence-electron chi connectivity index (χ3n) is 12.3. The van der Waals surface area contributed by atoms with E-state index in [4.69, 9.17) is 14.5 Å². The van der Waals surface area contributed by atoms with Gasteiger partial charge in [0.05, 0.1) is 34.8 Å². The summed E-state index contributed by atoms with van der Waals surface area (Å²) in [6, 6.07) is 37.0. The van der Waals surface area contributed by atoms with Gasteiger partial charge in [-0.05, 0) is 84.3 Å². The van der Waals surface area contributed by atoms with E-state index in [9.17, 15) is 5.11 Å². The van der Waals surface area contributed by atoms with Gasteiger partial charge in [-0.2, -0.15) is 0 Å². The molecule has 3 aliphatic heterocycles. The molecule has 6 atom stereocenters. The van der Waals surface area contributed by atoms with Crippen molar-refractivity contribution in [3.63, 3.8) is 0 Å². The molecule has 4 aliphatic rings. The highest BCUT2D eigenvalue weighted by Crippen LogP contribution is 2.65. The number of ether oxygens (including phenoxy) is 2. The van der Waals surface area contributed by atoms with Gasteiger partial charge >= 0.3 is 5.97 Å². The lowest BCUT2D eigenvalue weighted by Gasteiger charge is -2.46. The molecule has 0 bridgehead atoms. The smallest absolute Gasteiger partial charge is 0.324 e. The van der Waals surface area contributed by atoms with Gasteiger partial charge in [-0.25, -0.2) is 4.98 Å². The molecule has 3 N–H and O–H groups in total. The van der Waals surface area contributed by atoms with Gasteiger partial charge in [-0.1, -0.05) is 120 Å². The molecule has 5 aromatic carbocycles. The first-order valence-electron chi connectivity index (χ1n) is 20.7. The summed E-state index contributed by atoms with van der Waals surface area (Å²) in [6.45, 7) is -0.267. The maximum Gasteiger partial charge on any atom is 0.324 e. The number of nitrogens with one attached hydrogen (secondary N) is 2. The number of hydrogen-bond donors (Lipinski definition) is 3. The molecule has 1 aromatic heterocycles. The molecular weight excluding hydrogens is 785 g/mol. The lowest BCUT2D eigenvalue weighted by atomic mass is 9.65. The number of aromatic nitrogens is 1. The molecule has 4 heterocycles. The molecule has 1 spiro atoms. The minimum absolute atomic E-state index is 0.0170. The van der Waals surface area contributed by atoms with E-state index in [1.54, 1.807) is 6.07 Å². The van der Waals surface area contributed by atoms with Crippen molar-refractivity contribution in [3.05, 3.63) is 167 Å². The zero-order chi connectivity index (χ0) is 41.5. The summed E-state index contributed by atoms with van der Waals surface area (Å²) >= 11 is 1.32. The summed E-state index contributed by atoms with van der Waals surface area (Å²) in [5.74, 6) is 4.17. The van der Waals surface area contributed by atoms with Gasteiger partial charge in [0.15, 0.2) is 5.13 Å². The molecule has 10 rings (SSSR count). The zero-order valence-corrected chi connectivity index (χ0v) is 33.9. The van der Waals surface area contributed by atoms with Crippen molar-refractivity contribution in [2.75, 3.05) is 23.8 Å². The number of carbonyl (C=O) groups excluding carboxylic acids is 3. The maximum atomic E-state index is 15.6. The summed E-state index contributed by atoms with van der Waals surface area (Å²) in [5, 5.41) is 16.6. The van der Waals surface area contributed by atoms with Crippen molar-refractivity contribution in [1.82, 2.24) is 9.88 Å². The van der Waals surface area contributed by atoms with Crippen LogP contribution in [0.1, 0.15) is 71.7 Å². The second-order valence-electron chi connectivity index (χ2n) is 15.8. The summed E-state index contributed by atoms with van der Waals surface area (Å²) in [5.41, 5.74) is 3.93.